The zero-order chi connectivity index (χ0) is 17.1. The van der Waals surface area contributed by atoms with Gasteiger partial charge in [-0.05, 0) is 43.3 Å². The van der Waals surface area contributed by atoms with Gasteiger partial charge in [-0.2, -0.15) is 0 Å². The molecule has 3 aromatic rings. The molecule has 7 heteroatoms. The largest absolute Gasteiger partial charge is 0.331 e. The van der Waals surface area contributed by atoms with Gasteiger partial charge in [-0.15, -0.1) is 0 Å². The third kappa shape index (κ3) is 3.75. The SMILES string of the molecule is Cc1nc(Nc2cccc(F)c2)sc1C(=O)Nc1cccc(F)c1. The van der Waals surface area contributed by atoms with Crippen molar-refractivity contribution in [2.45, 2.75) is 6.92 Å². The summed E-state index contributed by atoms with van der Waals surface area (Å²) < 4.78 is 26.4. The van der Waals surface area contributed by atoms with Gasteiger partial charge in [0.2, 0.25) is 0 Å². The van der Waals surface area contributed by atoms with Crippen LogP contribution in [0.25, 0.3) is 0 Å². The lowest BCUT2D eigenvalue weighted by molar-refractivity contribution is 0.103. The van der Waals surface area contributed by atoms with Crippen LogP contribution in [0.1, 0.15) is 15.4 Å². The van der Waals surface area contributed by atoms with Gasteiger partial charge >= 0.3 is 0 Å². The summed E-state index contributed by atoms with van der Waals surface area (Å²) in [6.07, 6.45) is 0. The zero-order valence-electron chi connectivity index (χ0n) is 12.6. The molecule has 0 radical (unpaired) electrons. The predicted molar refractivity (Wildman–Crippen MR) is 90.9 cm³/mol. The lowest BCUT2D eigenvalue weighted by Crippen LogP contribution is -2.11. The molecule has 2 aromatic carbocycles. The first kappa shape index (κ1) is 16.1. The molecule has 0 aliphatic heterocycles. The van der Waals surface area contributed by atoms with Crippen molar-refractivity contribution in [1.82, 2.24) is 4.98 Å². The zero-order valence-corrected chi connectivity index (χ0v) is 13.5. The fraction of sp³-hybridized carbons (Fsp3) is 0.0588. The highest BCUT2D eigenvalue weighted by Crippen LogP contribution is 2.27. The van der Waals surface area contributed by atoms with Crippen LogP contribution < -0.4 is 10.6 Å². The highest BCUT2D eigenvalue weighted by atomic mass is 32.1. The third-order valence-electron chi connectivity index (χ3n) is 3.16. The van der Waals surface area contributed by atoms with Gasteiger partial charge in [0.15, 0.2) is 5.13 Å². The summed E-state index contributed by atoms with van der Waals surface area (Å²) in [6.45, 7) is 1.70. The molecule has 1 aromatic heterocycles. The summed E-state index contributed by atoms with van der Waals surface area (Å²) in [5.41, 5.74) is 1.45. The van der Waals surface area contributed by atoms with Crippen molar-refractivity contribution in [3.05, 3.63) is 70.7 Å². The molecule has 1 heterocycles. The summed E-state index contributed by atoms with van der Waals surface area (Å²) in [7, 11) is 0. The first-order valence-electron chi connectivity index (χ1n) is 7.08. The van der Waals surface area contributed by atoms with E-state index in [1.165, 1.54) is 30.3 Å². The molecule has 4 nitrogen and oxygen atoms in total. The van der Waals surface area contributed by atoms with Crippen LogP contribution in [0.3, 0.4) is 0 Å². The van der Waals surface area contributed by atoms with E-state index in [4.69, 9.17) is 0 Å². The van der Waals surface area contributed by atoms with E-state index in [1.807, 2.05) is 0 Å². The monoisotopic (exact) mass is 345 g/mol. The third-order valence-corrected chi connectivity index (χ3v) is 4.23. The Balaban J connectivity index is 1.77. The van der Waals surface area contributed by atoms with Gasteiger partial charge in [0.05, 0.1) is 5.69 Å². The average molecular weight is 345 g/mol. The highest BCUT2D eigenvalue weighted by Gasteiger charge is 2.16. The van der Waals surface area contributed by atoms with Crippen LogP contribution in [0.2, 0.25) is 0 Å². The number of hydrogen-bond acceptors (Lipinski definition) is 4. The summed E-state index contributed by atoms with van der Waals surface area (Å²) in [5.74, 6) is -1.16. The number of thiazole rings is 1. The molecule has 0 atom stereocenters. The summed E-state index contributed by atoms with van der Waals surface area (Å²) >= 11 is 1.14. The Morgan fingerprint density at radius 1 is 1.04 bits per heavy atom. The van der Waals surface area contributed by atoms with Crippen molar-refractivity contribution in [1.29, 1.82) is 0 Å². The average Bonchev–Trinajstić information content (AvgIpc) is 2.88. The molecule has 0 saturated carbocycles. The molecule has 0 fully saturated rings. The molecule has 0 aliphatic rings. The molecule has 0 saturated heterocycles. The fourth-order valence-corrected chi connectivity index (χ4v) is 2.99. The molecule has 0 aliphatic carbocycles. The summed E-state index contributed by atoms with van der Waals surface area (Å²) in [5, 5.41) is 6.07. The number of benzene rings is 2. The van der Waals surface area contributed by atoms with Crippen molar-refractivity contribution < 1.29 is 13.6 Å². The van der Waals surface area contributed by atoms with Gasteiger partial charge in [0, 0.05) is 11.4 Å². The second-order valence-electron chi connectivity index (χ2n) is 5.03. The van der Waals surface area contributed by atoms with E-state index >= 15 is 0 Å². The Bertz CT molecular complexity index is 895. The van der Waals surface area contributed by atoms with Gasteiger partial charge in [0.1, 0.15) is 16.5 Å². The lowest BCUT2D eigenvalue weighted by Gasteiger charge is -2.03. The smallest absolute Gasteiger partial charge is 0.267 e. The van der Waals surface area contributed by atoms with Gasteiger partial charge in [-0.25, -0.2) is 13.8 Å². The van der Waals surface area contributed by atoms with E-state index in [1.54, 1.807) is 25.1 Å². The summed E-state index contributed by atoms with van der Waals surface area (Å²) in [4.78, 5) is 17.0. The Hall–Kier alpha value is -2.80. The predicted octanol–water partition coefficient (Wildman–Crippen LogP) is 4.73. The van der Waals surface area contributed by atoms with E-state index in [9.17, 15) is 13.6 Å². The number of carbonyl (C=O) groups is 1. The lowest BCUT2D eigenvalue weighted by atomic mass is 10.3. The number of anilines is 3. The van der Waals surface area contributed by atoms with E-state index in [2.05, 4.69) is 15.6 Å². The van der Waals surface area contributed by atoms with Crippen molar-refractivity contribution in [2.24, 2.45) is 0 Å². The number of nitrogens with zero attached hydrogens (tertiary/aromatic N) is 1. The van der Waals surface area contributed by atoms with Crippen LogP contribution in [0.15, 0.2) is 48.5 Å². The molecule has 1 amide bonds. The van der Waals surface area contributed by atoms with Crippen molar-refractivity contribution in [3.8, 4) is 0 Å². The number of halogens is 2. The second kappa shape index (κ2) is 6.76. The topological polar surface area (TPSA) is 54.0 Å². The maximum atomic E-state index is 13.2. The molecule has 24 heavy (non-hydrogen) atoms. The minimum Gasteiger partial charge on any atom is -0.331 e. The van der Waals surface area contributed by atoms with Crippen LogP contribution in [0.4, 0.5) is 25.3 Å². The van der Waals surface area contributed by atoms with Crippen LogP contribution >= 0.6 is 11.3 Å². The number of hydrogen-bond donors (Lipinski definition) is 2. The molecule has 0 unspecified atom stereocenters. The van der Waals surface area contributed by atoms with Crippen LogP contribution in [-0.4, -0.2) is 10.9 Å². The summed E-state index contributed by atoms with van der Waals surface area (Å²) in [6, 6.07) is 11.6. The molecule has 3 rings (SSSR count). The number of aromatic nitrogens is 1. The van der Waals surface area contributed by atoms with Crippen molar-refractivity contribution in [2.75, 3.05) is 10.6 Å². The first-order chi connectivity index (χ1) is 11.5. The standard InChI is InChI=1S/C17H13F2N3OS/c1-10-15(16(23)21-13-6-2-4-11(18)8-13)24-17(20-10)22-14-7-3-5-12(19)9-14/h2-9H,1H3,(H,20,22)(H,21,23). The van der Waals surface area contributed by atoms with E-state index in [0.717, 1.165) is 11.3 Å². The second-order valence-corrected chi connectivity index (χ2v) is 6.03. The number of aryl methyl sites for hydroxylation is 1. The van der Waals surface area contributed by atoms with Crippen LogP contribution in [0, 0.1) is 18.6 Å². The number of amides is 1. The fourth-order valence-electron chi connectivity index (χ4n) is 2.10. The minimum atomic E-state index is -0.428. The molecule has 0 spiro atoms. The Morgan fingerprint density at radius 3 is 2.33 bits per heavy atom. The van der Waals surface area contributed by atoms with E-state index < -0.39 is 5.82 Å². The molecular weight excluding hydrogens is 332 g/mol. The number of rotatable bonds is 4. The van der Waals surface area contributed by atoms with Crippen LogP contribution in [-0.2, 0) is 0 Å². The number of nitrogens with one attached hydrogen (secondary N) is 2. The number of carbonyl (C=O) groups excluding carboxylic acids is 1. The first-order valence-corrected chi connectivity index (χ1v) is 7.90. The maximum Gasteiger partial charge on any atom is 0.267 e. The van der Waals surface area contributed by atoms with Gasteiger partial charge in [-0.1, -0.05) is 23.5 Å². The van der Waals surface area contributed by atoms with E-state index in [-0.39, 0.29) is 11.7 Å². The van der Waals surface area contributed by atoms with Gasteiger partial charge < -0.3 is 10.6 Å². The molecular formula is C17H13F2N3OS. The van der Waals surface area contributed by atoms with Crippen molar-refractivity contribution in [3.63, 3.8) is 0 Å². The van der Waals surface area contributed by atoms with E-state index in [0.29, 0.717) is 27.1 Å². The Kier molecular flexibility index (Phi) is 4.52. The van der Waals surface area contributed by atoms with Crippen LogP contribution in [0.5, 0.6) is 0 Å². The van der Waals surface area contributed by atoms with Gasteiger partial charge in [0.25, 0.3) is 5.91 Å². The quantitative estimate of drug-likeness (QED) is 0.719. The van der Waals surface area contributed by atoms with Crippen molar-refractivity contribution >= 4 is 33.8 Å². The minimum absolute atomic E-state index is 0.364. The van der Waals surface area contributed by atoms with Gasteiger partial charge in [-0.3, -0.25) is 4.79 Å². The maximum absolute atomic E-state index is 13.2. The Labute approximate surface area is 141 Å². The molecule has 122 valence electrons. The normalized spacial score (nSPS) is 10.5. The Morgan fingerprint density at radius 2 is 1.67 bits per heavy atom. The molecule has 0 bridgehead atoms. The molecule has 2 N–H and O–H groups in total. The highest BCUT2D eigenvalue weighted by molar-refractivity contribution is 7.17.